The summed E-state index contributed by atoms with van der Waals surface area (Å²) in [4.78, 5) is 11.8. The molecule has 2 saturated carbocycles. The minimum atomic E-state index is 0.256. The van der Waals surface area contributed by atoms with E-state index in [2.05, 4.69) is 12.2 Å². The van der Waals surface area contributed by atoms with E-state index in [1.54, 1.807) is 0 Å². The van der Waals surface area contributed by atoms with Gasteiger partial charge >= 0.3 is 0 Å². The van der Waals surface area contributed by atoms with Gasteiger partial charge in [-0.3, -0.25) is 4.79 Å². The summed E-state index contributed by atoms with van der Waals surface area (Å²) in [6.07, 6.45) is 7.99. The highest BCUT2D eigenvalue weighted by Gasteiger charge is 2.39. The Hall–Kier alpha value is -0.570. The van der Waals surface area contributed by atoms with Crippen LogP contribution in [0, 0.1) is 17.8 Å². The predicted octanol–water partition coefficient (Wildman–Crippen LogP) is 2.06. The molecule has 2 fully saturated rings. The lowest BCUT2D eigenvalue weighted by molar-refractivity contribution is -0.122. The van der Waals surface area contributed by atoms with Gasteiger partial charge in [-0.25, -0.2) is 0 Å². The first kappa shape index (κ1) is 12.9. The minimum absolute atomic E-state index is 0.256. The standard InChI is InChI=1S/C14H26N2O/c1-10(6-7-15)2-5-14(17)16-13-9-11-3-4-12(13)8-11/h10-13H,2-9,15H2,1H3,(H,16,17). The van der Waals surface area contributed by atoms with E-state index in [9.17, 15) is 4.79 Å². The SMILES string of the molecule is CC(CCN)CCC(=O)NC1CC2CCC1C2. The molecule has 0 radical (unpaired) electrons. The van der Waals surface area contributed by atoms with Crippen LogP contribution in [0.15, 0.2) is 0 Å². The summed E-state index contributed by atoms with van der Waals surface area (Å²) in [7, 11) is 0. The molecule has 0 aromatic carbocycles. The van der Waals surface area contributed by atoms with Crippen LogP contribution >= 0.6 is 0 Å². The molecule has 3 nitrogen and oxygen atoms in total. The number of nitrogens with one attached hydrogen (secondary N) is 1. The quantitative estimate of drug-likeness (QED) is 0.744. The zero-order chi connectivity index (χ0) is 12.3. The lowest BCUT2D eigenvalue weighted by atomic mass is 9.95. The zero-order valence-corrected chi connectivity index (χ0v) is 11.0. The van der Waals surface area contributed by atoms with Crippen molar-refractivity contribution >= 4 is 5.91 Å². The smallest absolute Gasteiger partial charge is 0.220 e. The molecular formula is C14H26N2O. The van der Waals surface area contributed by atoms with Crippen LogP contribution in [0.2, 0.25) is 0 Å². The highest BCUT2D eigenvalue weighted by molar-refractivity contribution is 5.76. The number of hydrogen-bond donors (Lipinski definition) is 2. The lowest BCUT2D eigenvalue weighted by Crippen LogP contribution is -2.38. The average Bonchev–Trinajstić information content (AvgIpc) is 2.88. The Morgan fingerprint density at radius 3 is 2.76 bits per heavy atom. The second kappa shape index (κ2) is 5.85. The Kier molecular flexibility index (Phi) is 4.43. The molecule has 0 aromatic heterocycles. The first-order valence-electron chi connectivity index (χ1n) is 7.18. The third kappa shape index (κ3) is 3.44. The van der Waals surface area contributed by atoms with Crippen LogP contribution < -0.4 is 11.1 Å². The Labute approximate surface area is 105 Å². The summed E-state index contributed by atoms with van der Waals surface area (Å²) in [6.45, 7) is 2.91. The van der Waals surface area contributed by atoms with Gasteiger partial charge in [0.15, 0.2) is 0 Å². The highest BCUT2D eigenvalue weighted by atomic mass is 16.1. The molecule has 0 spiro atoms. The normalized spacial score (nSPS) is 32.7. The van der Waals surface area contributed by atoms with Crippen molar-refractivity contribution in [3.63, 3.8) is 0 Å². The third-order valence-electron chi connectivity index (χ3n) is 4.61. The maximum Gasteiger partial charge on any atom is 0.220 e. The molecule has 1 amide bonds. The highest BCUT2D eigenvalue weighted by Crippen LogP contribution is 2.44. The molecule has 17 heavy (non-hydrogen) atoms. The topological polar surface area (TPSA) is 55.1 Å². The van der Waals surface area contributed by atoms with E-state index in [0.29, 0.717) is 18.4 Å². The summed E-state index contributed by atoms with van der Waals surface area (Å²) in [6, 6.07) is 0.492. The summed E-state index contributed by atoms with van der Waals surface area (Å²) in [5, 5.41) is 3.24. The van der Waals surface area contributed by atoms with Crippen LogP contribution in [-0.2, 0) is 4.79 Å². The summed E-state index contributed by atoms with van der Waals surface area (Å²) < 4.78 is 0. The summed E-state index contributed by atoms with van der Waals surface area (Å²) >= 11 is 0. The van der Waals surface area contributed by atoms with Crippen LogP contribution in [-0.4, -0.2) is 18.5 Å². The van der Waals surface area contributed by atoms with Crippen molar-refractivity contribution in [3.8, 4) is 0 Å². The maximum atomic E-state index is 11.8. The fourth-order valence-electron chi connectivity index (χ4n) is 3.51. The zero-order valence-electron chi connectivity index (χ0n) is 11.0. The maximum absolute atomic E-state index is 11.8. The van der Waals surface area contributed by atoms with Crippen molar-refractivity contribution in [2.24, 2.45) is 23.5 Å². The van der Waals surface area contributed by atoms with E-state index in [4.69, 9.17) is 5.73 Å². The van der Waals surface area contributed by atoms with Crippen LogP contribution in [0.25, 0.3) is 0 Å². The predicted molar refractivity (Wildman–Crippen MR) is 69.4 cm³/mol. The number of hydrogen-bond acceptors (Lipinski definition) is 2. The third-order valence-corrected chi connectivity index (χ3v) is 4.61. The molecule has 0 saturated heterocycles. The van der Waals surface area contributed by atoms with Crippen molar-refractivity contribution in [1.29, 1.82) is 0 Å². The Balaban J connectivity index is 1.64. The van der Waals surface area contributed by atoms with Gasteiger partial charge in [-0.2, -0.15) is 0 Å². The van der Waals surface area contributed by atoms with Crippen molar-refractivity contribution in [3.05, 3.63) is 0 Å². The molecule has 98 valence electrons. The molecule has 3 heteroatoms. The summed E-state index contributed by atoms with van der Waals surface area (Å²) in [5.41, 5.74) is 5.51. The second-order valence-electron chi connectivity index (χ2n) is 6.07. The molecule has 0 aromatic rings. The van der Waals surface area contributed by atoms with E-state index in [1.165, 1.54) is 25.7 Å². The lowest BCUT2D eigenvalue weighted by Gasteiger charge is -2.23. The monoisotopic (exact) mass is 238 g/mol. The van der Waals surface area contributed by atoms with Crippen LogP contribution in [0.1, 0.15) is 51.9 Å². The van der Waals surface area contributed by atoms with E-state index in [-0.39, 0.29) is 5.91 Å². The van der Waals surface area contributed by atoms with Gasteiger partial charge in [-0.15, -0.1) is 0 Å². The van der Waals surface area contributed by atoms with Crippen molar-refractivity contribution in [1.82, 2.24) is 5.32 Å². The van der Waals surface area contributed by atoms with Crippen molar-refractivity contribution in [2.75, 3.05) is 6.54 Å². The molecule has 2 rings (SSSR count). The van der Waals surface area contributed by atoms with E-state index >= 15 is 0 Å². The Morgan fingerprint density at radius 1 is 1.35 bits per heavy atom. The fourth-order valence-corrected chi connectivity index (χ4v) is 3.51. The van der Waals surface area contributed by atoms with Gasteiger partial charge in [0.05, 0.1) is 0 Å². The Bertz CT molecular complexity index is 267. The molecule has 4 atom stereocenters. The molecule has 4 unspecified atom stereocenters. The number of amides is 1. The van der Waals surface area contributed by atoms with E-state index in [0.717, 1.165) is 31.2 Å². The van der Waals surface area contributed by atoms with Gasteiger partial charge in [-0.05, 0) is 56.4 Å². The average molecular weight is 238 g/mol. The van der Waals surface area contributed by atoms with Crippen LogP contribution in [0.3, 0.4) is 0 Å². The molecular weight excluding hydrogens is 212 g/mol. The number of carbonyl (C=O) groups is 1. The van der Waals surface area contributed by atoms with Crippen molar-refractivity contribution in [2.45, 2.75) is 57.9 Å². The molecule has 2 aliphatic carbocycles. The van der Waals surface area contributed by atoms with E-state index < -0.39 is 0 Å². The van der Waals surface area contributed by atoms with Gasteiger partial charge in [-0.1, -0.05) is 13.3 Å². The van der Waals surface area contributed by atoms with Gasteiger partial charge in [0.2, 0.25) is 5.91 Å². The largest absolute Gasteiger partial charge is 0.353 e. The van der Waals surface area contributed by atoms with Gasteiger partial charge in [0.1, 0.15) is 0 Å². The van der Waals surface area contributed by atoms with Gasteiger partial charge in [0.25, 0.3) is 0 Å². The molecule has 2 bridgehead atoms. The first-order chi connectivity index (χ1) is 8.19. The minimum Gasteiger partial charge on any atom is -0.353 e. The van der Waals surface area contributed by atoms with Crippen molar-refractivity contribution < 1.29 is 4.79 Å². The molecule has 0 aliphatic heterocycles. The fraction of sp³-hybridized carbons (Fsp3) is 0.929. The molecule has 2 aliphatic rings. The number of carbonyl (C=O) groups excluding carboxylic acids is 1. The second-order valence-corrected chi connectivity index (χ2v) is 6.07. The van der Waals surface area contributed by atoms with Crippen LogP contribution in [0.4, 0.5) is 0 Å². The first-order valence-corrected chi connectivity index (χ1v) is 7.18. The summed E-state index contributed by atoms with van der Waals surface area (Å²) in [5.74, 6) is 2.52. The Morgan fingerprint density at radius 2 is 2.18 bits per heavy atom. The number of fused-ring (bicyclic) bond motifs is 2. The number of rotatable bonds is 6. The van der Waals surface area contributed by atoms with E-state index in [1.807, 2.05) is 0 Å². The van der Waals surface area contributed by atoms with Gasteiger partial charge < -0.3 is 11.1 Å². The van der Waals surface area contributed by atoms with Gasteiger partial charge in [0, 0.05) is 12.5 Å². The molecule has 0 heterocycles. The molecule has 3 N–H and O–H groups in total. The van der Waals surface area contributed by atoms with Crippen LogP contribution in [0.5, 0.6) is 0 Å². The number of nitrogens with two attached hydrogens (primary N) is 1.